The molecule has 1 N–H and O–H groups in total. The van der Waals surface area contributed by atoms with Gasteiger partial charge in [0.05, 0.1) is 17.0 Å². The largest absolute Gasteiger partial charge is 0.358 e. The Bertz CT molecular complexity index is 1750. The van der Waals surface area contributed by atoms with Crippen LogP contribution in [0.25, 0.3) is 6.08 Å². The number of nitrogens with one attached hydrogen (secondary N) is 1. The van der Waals surface area contributed by atoms with E-state index in [0.29, 0.717) is 21.8 Å². The second-order valence-electron chi connectivity index (χ2n) is 10.3. The first-order valence-corrected chi connectivity index (χ1v) is 13.7. The van der Waals surface area contributed by atoms with Crippen molar-refractivity contribution in [3.8, 4) is 0 Å². The number of hydrogen-bond acceptors (Lipinski definition) is 4. The van der Waals surface area contributed by atoms with Gasteiger partial charge in [0.25, 0.3) is 0 Å². The van der Waals surface area contributed by atoms with Crippen molar-refractivity contribution in [3.05, 3.63) is 141 Å². The predicted octanol–water partition coefficient (Wildman–Crippen LogP) is 6.98. The lowest BCUT2D eigenvalue weighted by molar-refractivity contribution is -0.122. The highest BCUT2D eigenvalue weighted by molar-refractivity contribution is 6.34. The molecule has 5 nitrogen and oxygen atoms in total. The number of para-hydroxylation sites is 1. The highest BCUT2D eigenvalue weighted by Crippen LogP contribution is 2.62. The number of nitrogens with zero attached hydrogens (tertiary/aromatic N) is 1. The third-order valence-electron chi connectivity index (χ3n) is 8.39. The third-order valence-corrected chi connectivity index (χ3v) is 8.97. The number of halogens is 2. The lowest BCUT2D eigenvalue weighted by Gasteiger charge is -2.38. The van der Waals surface area contributed by atoms with Crippen LogP contribution < -0.4 is 5.32 Å². The molecule has 4 aromatic carbocycles. The van der Waals surface area contributed by atoms with Crippen molar-refractivity contribution in [3.63, 3.8) is 0 Å². The molecule has 1 fully saturated rings. The maximum absolute atomic E-state index is 14.8. The van der Waals surface area contributed by atoms with Crippen LogP contribution in [0, 0.1) is 5.92 Å². The van der Waals surface area contributed by atoms with E-state index in [2.05, 4.69) is 5.32 Å². The van der Waals surface area contributed by atoms with Crippen LogP contribution in [0.3, 0.4) is 0 Å². The minimum atomic E-state index is -1.40. The van der Waals surface area contributed by atoms with E-state index in [-0.39, 0.29) is 28.1 Å². The number of ketones is 2. The Morgan fingerprint density at radius 2 is 1.50 bits per heavy atom. The SMILES string of the molecule is O=C(c1ccc(Cl)cc1)[C@@H]1[C@H](C(=O)c2ccccc2Cl)[C@]2(C(=O)Nc3ccccc32)[C@@H]2c3ccccc3C=CN12. The van der Waals surface area contributed by atoms with Crippen LogP contribution in [0.5, 0.6) is 0 Å². The molecule has 196 valence electrons. The number of carbonyl (C=O) groups excluding carboxylic acids is 3. The van der Waals surface area contributed by atoms with Gasteiger partial charge >= 0.3 is 0 Å². The van der Waals surface area contributed by atoms with Gasteiger partial charge in [0, 0.05) is 28.0 Å². The number of Topliss-reactive ketones (excluding diaryl/α,β-unsaturated/α-hetero) is 2. The second-order valence-corrected chi connectivity index (χ2v) is 11.1. The van der Waals surface area contributed by atoms with E-state index in [9.17, 15) is 14.4 Å². The predicted molar refractivity (Wildman–Crippen MR) is 156 cm³/mol. The van der Waals surface area contributed by atoms with Crippen LogP contribution in [0.4, 0.5) is 5.69 Å². The Hall–Kier alpha value is -4.19. The van der Waals surface area contributed by atoms with Crippen molar-refractivity contribution < 1.29 is 14.4 Å². The van der Waals surface area contributed by atoms with E-state index in [1.54, 1.807) is 48.5 Å². The van der Waals surface area contributed by atoms with Crippen molar-refractivity contribution in [1.82, 2.24) is 4.90 Å². The van der Waals surface area contributed by atoms with E-state index in [0.717, 1.165) is 11.1 Å². The van der Waals surface area contributed by atoms with Crippen LogP contribution >= 0.6 is 23.2 Å². The number of rotatable bonds is 4. The first kappa shape index (κ1) is 24.8. The summed E-state index contributed by atoms with van der Waals surface area (Å²) in [7, 11) is 0. The van der Waals surface area contributed by atoms with Crippen molar-refractivity contribution in [2.24, 2.45) is 5.92 Å². The monoisotopic (exact) mass is 564 g/mol. The fraction of sp³-hybridized carbons (Fsp3) is 0.121. The Morgan fingerprint density at radius 1 is 0.800 bits per heavy atom. The fourth-order valence-corrected chi connectivity index (χ4v) is 7.14. The topological polar surface area (TPSA) is 66.5 Å². The number of anilines is 1. The summed E-state index contributed by atoms with van der Waals surface area (Å²) in [6.45, 7) is 0. The van der Waals surface area contributed by atoms with Gasteiger partial charge in [0.1, 0.15) is 11.5 Å². The van der Waals surface area contributed by atoms with Gasteiger partial charge in [-0.3, -0.25) is 14.4 Å². The number of amides is 1. The standard InChI is InChI=1S/C33H22Cl2N2O3/c34-21-15-13-20(14-16-21)29(38)28-27(30(39)23-9-3-5-11-25(23)35)33(24-10-4-6-12-26(24)36-32(33)40)31-22-8-2-1-7-19(22)17-18-37(28)31/h1-18,27-28,31H,(H,36,40)/t27-,28+,31+,33+/m1/s1. The molecule has 1 amide bonds. The molecule has 4 atom stereocenters. The van der Waals surface area contributed by atoms with Crippen molar-refractivity contribution >= 4 is 52.4 Å². The van der Waals surface area contributed by atoms with Crippen LogP contribution in [-0.4, -0.2) is 28.4 Å². The minimum Gasteiger partial charge on any atom is -0.358 e. The molecular weight excluding hydrogens is 543 g/mol. The Balaban J connectivity index is 1.55. The molecular formula is C33H22Cl2N2O3. The fourth-order valence-electron chi connectivity index (χ4n) is 6.78. The molecule has 0 saturated carbocycles. The Labute approximate surface area is 241 Å². The summed E-state index contributed by atoms with van der Waals surface area (Å²) in [6, 6.07) is 27.0. The van der Waals surface area contributed by atoms with Gasteiger partial charge < -0.3 is 10.2 Å². The van der Waals surface area contributed by atoms with Crippen molar-refractivity contribution in [2.75, 3.05) is 5.32 Å². The van der Waals surface area contributed by atoms with Gasteiger partial charge in [-0.2, -0.15) is 0 Å². The van der Waals surface area contributed by atoms with E-state index in [1.165, 1.54) is 0 Å². The minimum absolute atomic E-state index is 0.271. The molecule has 4 aromatic rings. The number of fused-ring (bicyclic) bond motifs is 6. The zero-order chi connectivity index (χ0) is 27.6. The normalized spacial score (nSPS) is 23.9. The van der Waals surface area contributed by atoms with E-state index in [4.69, 9.17) is 23.2 Å². The van der Waals surface area contributed by atoms with Crippen molar-refractivity contribution in [2.45, 2.75) is 17.5 Å². The number of benzene rings is 4. The summed E-state index contributed by atoms with van der Waals surface area (Å²) in [5.41, 5.74) is 2.41. The molecule has 0 unspecified atom stereocenters. The molecule has 40 heavy (non-hydrogen) atoms. The van der Waals surface area contributed by atoms with Crippen LogP contribution in [0.2, 0.25) is 10.0 Å². The smallest absolute Gasteiger partial charge is 0.238 e. The summed E-state index contributed by atoms with van der Waals surface area (Å²) in [5.74, 6) is -2.03. The quantitative estimate of drug-likeness (QED) is 0.272. The summed E-state index contributed by atoms with van der Waals surface area (Å²) in [5, 5.41) is 3.82. The van der Waals surface area contributed by atoms with E-state index >= 15 is 0 Å². The summed E-state index contributed by atoms with van der Waals surface area (Å²) < 4.78 is 0. The van der Waals surface area contributed by atoms with Crippen molar-refractivity contribution in [1.29, 1.82) is 0 Å². The summed E-state index contributed by atoms with van der Waals surface area (Å²) >= 11 is 12.7. The molecule has 3 aliphatic rings. The molecule has 7 rings (SSSR count). The molecule has 0 bridgehead atoms. The third kappa shape index (κ3) is 3.38. The maximum Gasteiger partial charge on any atom is 0.238 e. The van der Waals surface area contributed by atoms with Gasteiger partial charge in [0.15, 0.2) is 11.6 Å². The summed E-state index contributed by atoms with van der Waals surface area (Å²) in [6.07, 6.45) is 3.78. The van der Waals surface area contributed by atoms with Crippen LogP contribution in [-0.2, 0) is 10.2 Å². The maximum atomic E-state index is 14.8. The Morgan fingerprint density at radius 3 is 2.30 bits per heavy atom. The highest BCUT2D eigenvalue weighted by atomic mass is 35.5. The highest BCUT2D eigenvalue weighted by Gasteiger charge is 2.70. The molecule has 1 spiro atoms. The first-order valence-electron chi connectivity index (χ1n) is 13.0. The number of carbonyl (C=O) groups is 3. The lowest BCUT2D eigenvalue weighted by atomic mass is 9.62. The zero-order valence-electron chi connectivity index (χ0n) is 21.1. The average Bonchev–Trinajstić information content (AvgIpc) is 3.45. The van der Waals surface area contributed by atoms with E-state index < -0.39 is 23.4 Å². The van der Waals surface area contributed by atoms with Gasteiger partial charge in [-0.25, -0.2) is 0 Å². The molecule has 1 saturated heterocycles. The molecule has 3 heterocycles. The molecule has 3 aliphatic heterocycles. The first-order chi connectivity index (χ1) is 19.4. The molecule has 0 aromatic heterocycles. The molecule has 0 radical (unpaired) electrons. The zero-order valence-corrected chi connectivity index (χ0v) is 22.6. The van der Waals surface area contributed by atoms with E-state index in [1.807, 2.05) is 65.7 Å². The summed E-state index contributed by atoms with van der Waals surface area (Å²) in [4.78, 5) is 45.6. The average molecular weight is 565 g/mol. The molecule has 7 heteroatoms. The second kappa shape index (κ2) is 9.19. The number of hydrogen-bond donors (Lipinski definition) is 1. The lowest BCUT2D eigenvalue weighted by Crippen LogP contribution is -2.49. The molecule has 0 aliphatic carbocycles. The van der Waals surface area contributed by atoms with Gasteiger partial charge in [-0.1, -0.05) is 77.8 Å². The Kier molecular flexibility index (Phi) is 5.70. The van der Waals surface area contributed by atoms with Crippen LogP contribution in [0.15, 0.2) is 103 Å². The van der Waals surface area contributed by atoms with Crippen LogP contribution in [0.1, 0.15) is 43.4 Å². The van der Waals surface area contributed by atoms with Gasteiger partial charge in [0.2, 0.25) is 5.91 Å². The van der Waals surface area contributed by atoms with Gasteiger partial charge in [-0.05, 0) is 65.2 Å². The van der Waals surface area contributed by atoms with Gasteiger partial charge in [-0.15, -0.1) is 0 Å².